The topological polar surface area (TPSA) is 26.1 Å². The van der Waals surface area contributed by atoms with Crippen molar-refractivity contribution in [2.75, 3.05) is 26.7 Å². The molecule has 0 atom stereocenters. The van der Waals surface area contributed by atoms with Crippen LogP contribution in [0, 0.1) is 13.3 Å². The van der Waals surface area contributed by atoms with E-state index in [4.69, 9.17) is 0 Å². The molecular formula is C6H13N2VW-. The van der Waals surface area contributed by atoms with Gasteiger partial charge in [-0.1, -0.05) is 0 Å². The second-order valence-corrected chi connectivity index (χ2v) is 1.83. The van der Waals surface area contributed by atoms with Crippen LogP contribution in [0.4, 0.5) is 0 Å². The summed E-state index contributed by atoms with van der Waals surface area (Å²) in [5.41, 5.74) is 0. The van der Waals surface area contributed by atoms with Crippen molar-refractivity contribution in [1.29, 1.82) is 0 Å². The standard InChI is InChI=1S/C5H10N2.CH3.V.W/c1-6-2-5-3-7-4-5;;;/h7H,2-4H2,1H3;1H3;;/q-2;-1;+2;. The first-order valence-corrected chi connectivity index (χ1v) is 2.53. The molecule has 0 aliphatic carbocycles. The maximum Gasteiger partial charge on any atom is 2.00 e. The summed E-state index contributed by atoms with van der Waals surface area (Å²) in [5, 5.41) is 7.13. The minimum atomic E-state index is 0. The minimum Gasteiger partial charge on any atom is -0.691 e. The van der Waals surface area contributed by atoms with E-state index >= 15 is 0 Å². The molecule has 0 unspecified atom stereocenters. The Kier molecular flexibility index (Phi) is 17.7. The van der Waals surface area contributed by atoms with E-state index in [-0.39, 0.29) is 47.0 Å². The van der Waals surface area contributed by atoms with Crippen LogP contribution in [0.2, 0.25) is 0 Å². The average molecular weight is 348 g/mol. The SMILES string of the molecule is C[N-]C[C-]1CNC1.[CH3-].[V+2].[W]. The van der Waals surface area contributed by atoms with Gasteiger partial charge in [-0.2, -0.15) is 7.05 Å². The van der Waals surface area contributed by atoms with E-state index in [1.165, 1.54) is 5.92 Å². The van der Waals surface area contributed by atoms with Gasteiger partial charge in [0.15, 0.2) is 0 Å². The Morgan fingerprint density at radius 3 is 2.10 bits per heavy atom. The van der Waals surface area contributed by atoms with Gasteiger partial charge in [0, 0.05) is 21.1 Å². The van der Waals surface area contributed by atoms with Gasteiger partial charge in [0.05, 0.1) is 0 Å². The molecule has 0 saturated carbocycles. The first kappa shape index (κ1) is 17.3. The average Bonchev–Trinajstić information content (AvgIpc) is 1.55. The largest absolute Gasteiger partial charge is 2.00 e. The monoisotopic (exact) mass is 348 g/mol. The van der Waals surface area contributed by atoms with Crippen LogP contribution in [0.15, 0.2) is 0 Å². The Hall–Kier alpha value is 1.19. The quantitative estimate of drug-likeness (QED) is 0.728. The van der Waals surface area contributed by atoms with Gasteiger partial charge in [-0.25, -0.2) is 0 Å². The molecule has 0 aromatic rings. The van der Waals surface area contributed by atoms with E-state index in [1.807, 2.05) is 7.05 Å². The molecule has 0 bridgehead atoms. The maximum atomic E-state index is 3.98. The minimum absolute atomic E-state index is 0. The van der Waals surface area contributed by atoms with Gasteiger partial charge in [0.25, 0.3) is 0 Å². The van der Waals surface area contributed by atoms with Crippen LogP contribution in [-0.4, -0.2) is 26.7 Å². The predicted molar refractivity (Wildman–Crippen MR) is 36.7 cm³/mol. The molecule has 0 aromatic carbocycles. The Bertz CT molecular complexity index is 59.7. The summed E-state index contributed by atoms with van der Waals surface area (Å²) in [6.07, 6.45) is 0. The van der Waals surface area contributed by atoms with Gasteiger partial charge in [0.1, 0.15) is 0 Å². The van der Waals surface area contributed by atoms with Crippen molar-refractivity contribution in [3.05, 3.63) is 18.7 Å². The summed E-state index contributed by atoms with van der Waals surface area (Å²) < 4.78 is 0. The fourth-order valence-electron chi connectivity index (χ4n) is 0.637. The van der Waals surface area contributed by atoms with Crippen molar-refractivity contribution < 1.29 is 39.6 Å². The molecular weight excluding hydrogens is 335 g/mol. The molecule has 1 fully saturated rings. The summed E-state index contributed by atoms with van der Waals surface area (Å²) in [6, 6.07) is 0. The van der Waals surface area contributed by atoms with Crippen LogP contribution < -0.4 is 5.32 Å². The van der Waals surface area contributed by atoms with E-state index in [9.17, 15) is 0 Å². The molecule has 1 aliphatic heterocycles. The Morgan fingerprint density at radius 2 is 2.00 bits per heavy atom. The third kappa shape index (κ3) is 5.94. The van der Waals surface area contributed by atoms with Gasteiger partial charge in [-0.05, 0) is 0 Å². The fourth-order valence-corrected chi connectivity index (χ4v) is 0.637. The molecule has 59 valence electrons. The predicted octanol–water partition coefficient (Wildman–Crippen LogP) is 0.613. The van der Waals surface area contributed by atoms with Crippen LogP contribution in [0.1, 0.15) is 0 Å². The van der Waals surface area contributed by atoms with Gasteiger partial charge >= 0.3 is 18.6 Å². The first-order valence-electron chi connectivity index (χ1n) is 2.53. The van der Waals surface area contributed by atoms with Crippen LogP contribution in [0.25, 0.3) is 5.32 Å². The van der Waals surface area contributed by atoms with Gasteiger partial charge in [0.2, 0.25) is 0 Å². The van der Waals surface area contributed by atoms with Crippen LogP contribution in [0.3, 0.4) is 0 Å². The van der Waals surface area contributed by atoms with E-state index in [0.29, 0.717) is 0 Å². The second kappa shape index (κ2) is 10.2. The number of hydrogen-bond donors (Lipinski definition) is 1. The van der Waals surface area contributed by atoms with Crippen LogP contribution in [-0.2, 0) is 39.6 Å². The zero-order valence-electron chi connectivity index (χ0n) is 6.42. The summed E-state index contributed by atoms with van der Waals surface area (Å²) in [4.78, 5) is 0. The summed E-state index contributed by atoms with van der Waals surface area (Å²) in [6.45, 7) is 3.15. The molecule has 10 heavy (non-hydrogen) atoms. The normalized spacial score (nSPS) is 15.3. The van der Waals surface area contributed by atoms with Crippen molar-refractivity contribution >= 4 is 0 Å². The van der Waals surface area contributed by atoms with Gasteiger partial charge in [-0.3, -0.25) is 6.54 Å². The molecule has 2 nitrogen and oxygen atoms in total. The molecule has 0 amide bonds. The first-order chi connectivity index (χ1) is 3.43. The third-order valence-corrected chi connectivity index (χ3v) is 1.13. The summed E-state index contributed by atoms with van der Waals surface area (Å²) in [5.74, 6) is 1.53. The molecule has 1 rings (SSSR count). The van der Waals surface area contributed by atoms with Crippen molar-refractivity contribution in [3.63, 3.8) is 0 Å². The number of hydrogen-bond acceptors (Lipinski definition) is 1. The molecule has 1 N–H and O–H groups in total. The Balaban J connectivity index is -0.000000163. The molecule has 1 radical (unpaired) electrons. The van der Waals surface area contributed by atoms with E-state index in [0.717, 1.165) is 19.6 Å². The summed E-state index contributed by atoms with van der Waals surface area (Å²) >= 11 is 0. The van der Waals surface area contributed by atoms with Crippen LogP contribution >= 0.6 is 0 Å². The molecule has 1 heterocycles. The zero-order valence-corrected chi connectivity index (χ0v) is 10.8. The summed E-state index contributed by atoms with van der Waals surface area (Å²) in [7, 11) is 1.85. The van der Waals surface area contributed by atoms with E-state index < -0.39 is 0 Å². The second-order valence-electron chi connectivity index (χ2n) is 1.83. The van der Waals surface area contributed by atoms with Crippen molar-refractivity contribution in [3.8, 4) is 0 Å². The number of rotatable bonds is 2. The van der Waals surface area contributed by atoms with E-state index in [1.54, 1.807) is 0 Å². The van der Waals surface area contributed by atoms with Gasteiger partial charge < -0.3 is 24.0 Å². The molecule has 1 saturated heterocycles. The number of nitrogens with one attached hydrogen (secondary N) is 1. The Labute approximate surface area is 90.1 Å². The molecule has 0 spiro atoms. The maximum absolute atomic E-state index is 3.98. The third-order valence-electron chi connectivity index (χ3n) is 1.13. The fraction of sp³-hybridized carbons (Fsp3) is 0.667. The molecule has 1 aliphatic rings. The van der Waals surface area contributed by atoms with Gasteiger partial charge in [-0.15, -0.1) is 13.1 Å². The van der Waals surface area contributed by atoms with E-state index in [2.05, 4.69) is 10.6 Å². The van der Waals surface area contributed by atoms with Crippen molar-refractivity contribution in [2.45, 2.75) is 0 Å². The zero-order chi connectivity index (χ0) is 5.11. The molecule has 0 aromatic heterocycles. The van der Waals surface area contributed by atoms with Crippen LogP contribution in [0.5, 0.6) is 0 Å². The molecule has 4 heteroatoms. The van der Waals surface area contributed by atoms with Crippen molar-refractivity contribution in [2.24, 2.45) is 0 Å². The van der Waals surface area contributed by atoms with Crippen molar-refractivity contribution in [1.82, 2.24) is 5.32 Å². The smallest absolute Gasteiger partial charge is 0.691 e. The number of nitrogens with zero attached hydrogens (tertiary/aromatic N) is 1. The Morgan fingerprint density at radius 1 is 1.50 bits per heavy atom.